The fourth-order valence-electron chi connectivity index (χ4n) is 4.46. The lowest BCUT2D eigenvalue weighted by atomic mass is 9.88. The Labute approximate surface area is 239 Å². The van der Waals surface area contributed by atoms with E-state index >= 15 is 0 Å². The van der Waals surface area contributed by atoms with Crippen molar-refractivity contribution in [2.24, 2.45) is 22.6 Å². The molecule has 1 fully saturated rings. The first-order valence-electron chi connectivity index (χ1n) is 14.1. The van der Waals surface area contributed by atoms with Crippen LogP contribution in [0.1, 0.15) is 106 Å². The fourth-order valence-corrected chi connectivity index (χ4v) is 5.68. The lowest BCUT2D eigenvalue weighted by Crippen LogP contribution is -2.17. The number of benzene rings is 1. The van der Waals surface area contributed by atoms with Gasteiger partial charge in [0, 0.05) is 24.0 Å². The van der Waals surface area contributed by atoms with Crippen LogP contribution in [0.25, 0.3) is 5.00 Å². The van der Waals surface area contributed by atoms with E-state index in [4.69, 9.17) is 15.8 Å². The van der Waals surface area contributed by atoms with Crippen molar-refractivity contribution >= 4 is 23.0 Å². The van der Waals surface area contributed by atoms with E-state index in [1.807, 2.05) is 11.5 Å². The Balaban J connectivity index is 0.000000360. The van der Waals surface area contributed by atoms with Gasteiger partial charge in [0.2, 0.25) is 5.91 Å². The Morgan fingerprint density at radius 3 is 2.31 bits per heavy atom. The molecule has 1 amide bonds. The molecule has 0 spiro atoms. The van der Waals surface area contributed by atoms with Crippen LogP contribution in [0.4, 0.5) is 0 Å². The van der Waals surface area contributed by atoms with E-state index in [-0.39, 0.29) is 7.85 Å². The van der Waals surface area contributed by atoms with Crippen LogP contribution in [0.5, 0.6) is 0 Å². The highest BCUT2D eigenvalue weighted by atomic mass is 32.1. The van der Waals surface area contributed by atoms with Gasteiger partial charge in [-0.05, 0) is 51.5 Å². The Morgan fingerprint density at radius 2 is 1.82 bits per heavy atom. The van der Waals surface area contributed by atoms with Gasteiger partial charge < -0.3 is 10.8 Å². The van der Waals surface area contributed by atoms with Crippen molar-refractivity contribution in [2.45, 2.75) is 93.0 Å². The van der Waals surface area contributed by atoms with Gasteiger partial charge in [-0.25, -0.2) is 0 Å². The summed E-state index contributed by atoms with van der Waals surface area (Å²) in [4.78, 5) is 17.9. The minimum absolute atomic E-state index is 0. The number of carbonyl (C=O) groups excluding carboxylic acids is 1. The number of hydrogen-bond donors (Lipinski definition) is 2. The Kier molecular flexibility index (Phi) is 11.0. The topological polar surface area (TPSA) is 106 Å². The number of aryl methyl sites for hydroxylation is 3. The zero-order chi connectivity index (χ0) is 28.7. The van der Waals surface area contributed by atoms with E-state index in [1.165, 1.54) is 41.7 Å². The molecule has 2 aromatic heterocycles. The van der Waals surface area contributed by atoms with Gasteiger partial charge in [0.25, 0.3) is 0 Å². The molecule has 0 bridgehead atoms. The van der Waals surface area contributed by atoms with Gasteiger partial charge in [-0.1, -0.05) is 76.3 Å². The highest BCUT2D eigenvalue weighted by Crippen LogP contribution is 2.39. The van der Waals surface area contributed by atoms with Crippen molar-refractivity contribution in [1.29, 1.82) is 0 Å². The normalized spacial score (nSPS) is 16.7. The molecular formula is C31H47N5O2S. The second kappa shape index (κ2) is 14.0. The highest BCUT2D eigenvalue weighted by molar-refractivity contribution is 7.15. The minimum Gasteiger partial charge on any atom is -0.396 e. The van der Waals surface area contributed by atoms with Gasteiger partial charge in [0.1, 0.15) is 16.9 Å². The number of aliphatic hydroxyl groups is 1. The third-order valence-electron chi connectivity index (χ3n) is 7.67. The molecule has 1 aromatic carbocycles. The van der Waals surface area contributed by atoms with Crippen molar-refractivity contribution < 1.29 is 11.3 Å². The highest BCUT2D eigenvalue weighted by Gasteiger charge is 2.31. The number of amides is 1. The summed E-state index contributed by atoms with van der Waals surface area (Å²) in [5.41, 5.74) is 10.9. The number of fused-ring (bicyclic) bond motifs is 3. The van der Waals surface area contributed by atoms with Gasteiger partial charge in [0.05, 0.1) is 12.1 Å². The van der Waals surface area contributed by atoms with Gasteiger partial charge >= 0.3 is 0 Å². The summed E-state index contributed by atoms with van der Waals surface area (Å²) >= 11 is 1.70. The largest absolute Gasteiger partial charge is 0.396 e. The predicted molar refractivity (Wildman–Crippen MR) is 163 cm³/mol. The maximum atomic E-state index is 11.7. The second-order valence-corrected chi connectivity index (χ2v) is 12.2. The molecule has 39 heavy (non-hydrogen) atoms. The Hall–Kier alpha value is -2.84. The Morgan fingerprint density at radius 1 is 1.18 bits per heavy atom. The fraction of sp³-hybridized carbons (Fsp3) is 0.548. The first-order chi connectivity index (χ1) is 18.6. The summed E-state index contributed by atoms with van der Waals surface area (Å²) in [6.07, 6.45) is 6.69. The van der Waals surface area contributed by atoms with E-state index in [0.717, 1.165) is 40.0 Å². The SMILES string of the molecule is CC1CCC1.CCC(C)CCO.Cc1ccc(C2=N[C@@H](CC(N)=O)c3nnc(C)n3-c3sc(C)c(C)c32)cc1.[HH]. The molecule has 2 aliphatic rings. The monoisotopic (exact) mass is 553 g/mol. The van der Waals surface area contributed by atoms with Crippen LogP contribution in [-0.2, 0) is 4.79 Å². The molecule has 1 saturated carbocycles. The van der Waals surface area contributed by atoms with Crippen LogP contribution in [0.3, 0.4) is 0 Å². The molecule has 1 aliphatic heterocycles. The molecule has 1 aliphatic carbocycles. The number of aromatic nitrogens is 3. The molecule has 0 radical (unpaired) electrons. The van der Waals surface area contributed by atoms with Gasteiger partial charge in [-0.3, -0.25) is 14.4 Å². The molecule has 0 saturated heterocycles. The van der Waals surface area contributed by atoms with Crippen molar-refractivity contribution in [2.75, 3.05) is 6.61 Å². The maximum Gasteiger partial charge on any atom is 0.220 e. The molecule has 3 heterocycles. The van der Waals surface area contributed by atoms with Crippen LogP contribution in [0.15, 0.2) is 29.3 Å². The predicted octanol–water partition coefficient (Wildman–Crippen LogP) is 6.80. The van der Waals surface area contributed by atoms with E-state index in [0.29, 0.717) is 18.3 Å². The second-order valence-electron chi connectivity index (χ2n) is 11.0. The number of carbonyl (C=O) groups is 1. The average molecular weight is 554 g/mol. The molecule has 1 unspecified atom stereocenters. The van der Waals surface area contributed by atoms with Crippen molar-refractivity contribution in [1.82, 2.24) is 14.8 Å². The molecule has 2 atom stereocenters. The number of rotatable bonds is 6. The lowest BCUT2D eigenvalue weighted by Gasteiger charge is -2.18. The van der Waals surface area contributed by atoms with E-state index in [9.17, 15) is 4.79 Å². The molecular weight excluding hydrogens is 506 g/mol. The zero-order valence-corrected chi connectivity index (χ0v) is 25.4. The Bertz CT molecular complexity index is 1280. The number of nitrogens with zero attached hydrogens (tertiary/aromatic N) is 4. The number of thiophene rings is 1. The third-order valence-corrected chi connectivity index (χ3v) is 8.86. The summed E-state index contributed by atoms with van der Waals surface area (Å²) < 4.78 is 2.03. The van der Waals surface area contributed by atoms with Crippen LogP contribution in [-0.4, -0.2) is 38.1 Å². The first-order valence-corrected chi connectivity index (χ1v) is 15.0. The minimum atomic E-state index is -0.459. The van der Waals surface area contributed by atoms with Crippen LogP contribution in [0, 0.1) is 39.5 Å². The summed E-state index contributed by atoms with van der Waals surface area (Å²) in [5.74, 6) is 2.80. The molecule has 7 nitrogen and oxygen atoms in total. The molecule has 214 valence electrons. The van der Waals surface area contributed by atoms with Crippen LogP contribution < -0.4 is 5.73 Å². The smallest absolute Gasteiger partial charge is 0.220 e. The molecule has 5 rings (SSSR count). The van der Waals surface area contributed by atoms with Crippen molar-refractivity contribution in [3.63, 3.8) is 0 Å². The summed E-state index contributed by atoms with van der Waals surface area (Å²) in [5, 5.41) is 18.0. The molecule has 8 heteroatoms. The van der Waals surface area contributed by atoms with E-state index in [2.05, 4.69) is 76.0 Å². The number of hydrogen-bond acceptors (Lipinski definition) is 6. The van der Waals surface area contributed by atoms with Crippen LogP contribution in [0.2, 0.25) is 0 Å². The number of nitrogens with two attached hydrogens (primary N) is 1. The number of aliphatic imine (C=N–C) groups is 1. The van der Waals surface area contributed by atoms with Gasteiger partial charge in [-0.15, -0.1) is 21.5 Å². The lowest BCUT2D eigenvalue weighted by molar-refractivity contribution is -0.118. The van der Waals surface area contributed by atoms with Gasteiger partial charge in [-0.2, -0.15) is 0 Å². The van der Waals surface area contributed by atoms with E-state index < -0.39 is 11.9 Å². The van der Waals surface area contributed by atoms with Gasteiger partial charge in [0.15, 0.2) is 5.82 Å². The summed E-state index contributed by atoms with van der Waals surface area (Å²) in [6.45, 7) is 15.1. The quantitative estimate of drug-likeness (QED) is 0.350. The van der Waals surface area contributed by atoms with E-state index in [1.54, 1.807) is 11.3 Å². The average Bonchev–Trinajstić information content (AvgIpc) is 3.36. The molecule has 3 aromatic rings. The maximum absolute atomic E-state index is 11.7. The summed E-state index contributed by atoms with van der Waals surface area (Å²) in [6, 6.07) is 7.84. The van der Waals surface area contributed by atoms with Crippen LogP contribution >= 0.6 is 11.3 Å². The molecule has 3 N–H and O–H groups in total. The van der Waals surface area contributed by atoms with Crippen molar-refractivity contribution in [3.05, 3.63) is 63.0 Å². The first kappa shape index (κ1) is 30.7. The number of primary amides is 1. The standard InChI is InChI=1S/C20H21N5OS.C6H14O.C5H10.H2/c1-10-5-7-14(8-6-10)18-17-11(2)12(3)27-20(17)25-13(4)23-24-19(25)15(22-18)9-16(21)26;1-3-6(2)4-5-7;1-5-3-2-4-5;/h5-8,15H,9H2,1-4H3,(H2,21,26);6-7H,3-5H2,1-2H3;5H,2-4H2,1H3;1H/t15-;;;/m0.../s1. The number of aliphatic hydroxyl groups excluding tert-OH is 1. The summed E-state index contributed by atoms with van der Waals surface area (Å²) in [7, 11) is 0. The third kappa shape index (κ3) is 7.63. The van der Waals surface area contributed by atoms with Crippen molar-refractivity contribution in [3.8, 4) is 5.00 Å². The zero-order valence-electron chi connectivity index (χ0n) is 24.6.